The zero-order valence-corrected chi connectivity index (χ0v) is 5.66. The van der Waals surface area contributed by atoms with Gasteiger partial charge in [0.1, 0.15) is 0 Å². The molecule has 2 heteroatoms. The minimum absolute atomic E-state index is 0.557. The van der Waals surface area contributed by atoms with Crippen LogP contribution in [-0.2, 0) is 4.74 Å². The minimum Gasteiger partial charge on any atom is -0.380 e. The third kappa shape index (κ3) is 0.907. The van der Waals surface area contributed by atoms with Gasteiger partial charge < -0.3 is 4.74 Å². The number of aromatic nitrogens is 1. The summed E-state index contributed by atoms with van der Waals surface area (Å²) in [5.74, 6) is 0.557. The zero-order valence-electron chi connectivity index (χ0n) is 5.66. The average molecular weight is 135 g/mol. The summed E-state index contributed by atoms with van der Waals surface area (Å²) in [5, 5.41) is 0. The van der Waals surface area contributed by atoms with Gasteiger partial charge in [-0.15, -0.1) is 0 Å². The van der Waals surface area contributed by atoms with Crippen LogP contribution in [0, 0.1) is 0 Å². The van der Waals surface area contributed by atoms with E-state index in [-0.39, 0.29) is 0 Å². The van der Waals surface area contributed by atoms with Crippen molar-refractivity contribution >= 4 is 0 Å². The lowest BCUT2D eigenvalue weighted by Crippen LogP contribution is -2.25. The van der Waals surface area contributed by atoms with Gasteiger partial charge in [-0.2, -0.15) is 0 Å². The summed E-state index contributed by atoms with van der Waals surface area (Å²) in [4.78, 5) is 4.22. The van der Waals surface area contributed by atoms with E-state index in [1.54, 1.807) is 0 Å². The van der Waals surface area contributed by atoms with Gasteiger partial charge in [-0.25, -0.2) is 0 Å². The Labute approximate surface area is 59.9 Å². The Bertz CT molecular complexity index is 206. The first-order valence-corrected chi connectivity index (χ1v) is 3.45. The third-order valence-corrected chi connectivity index (χ3v) is 1.74. The van der Waals surface area contributed by atoms with Crippen LogP contribution in [0.3, 0.4) is 0 Å². The van der Waals surface area contributed by atoms with Crippen LogP contribution in [0.4, 0.5) is 0 Å². The molecule has 1 saturated heterocycles. The third-order valence-electron chi connectivity index (χ3n) is 1.74. The molecule has 2 nitrogen and oxygen atoms in total. The summed E-state index contributed by atoms with van der Waals surface area (Å²) >= 11 is 0. The summed E-state index contributed by atoms with van der Waals surface area (Å²) in [5.41, 5.74) is 1.16. The van der Waals surface area contributed by atoms with Crippen LogP contribution in [0.5, 0.6) is 0 Å². The number of hydrogen-bond donors (Lipinski definition) is 0. The Morgan fingerprint density at radius 2 is 2.30 bits per heavy atom. The molecule has 0 bridgehead atoms. The summed E-state index contributed by atoms with van der Waals surface area (Å²) in [6, 6.07) is 6.00. The topological polar surface area (TPSA) is 22.1 Å². The van der Waals surface area contributed by atoms with E-state index in [1.807, 2.05) is 24.4 Å². The van der Waals surface area contributed by atoms with Crippen molar-refractivity contribution in [2.24, 2.45) is 0 Å². The molecule has 0 radical (unpaired) electrons. The number of rotatable bonds is 1. The van der Waals surface area contributed by atoms with E-state index in [1.165, 1.54) is 0 Å². The smallest absolute Gasteiger partial charge is 0.0572 e. The minimum atomic E-state index is 0.557. The highest BCUT2D eigenvalue weighted by Gasteiger charge is 2.20. The van der Waals surface area contributed by atoms with Crippen LogP contribution in [0.25, 0.3) is 0 Å². The van der Waals surface area contributed by atoms with E-state index in [9.17, 15) is 0 Å². The van der Waals surface area contributed by atoms with Crippen molar-refractivity contribution in [1.29, 1.82) is 0 Å². The normalized spacial score (nSPS) is 18.4. The highest BCUT2D eigenvalue weighted by molar-refractivity contribution is 5.11. The van der Waals surface area contributed by atoms with E-state index >= 15 is 0 Å². The van der Waals surface area contributed by atoms with Gasteiger partial charge in [-0.1, -0.05) is 6.07 Å². The lowest BCUT2D eigenvalue weighted by Gasteiger charge is -2.24. The molecule has 1 aromatic heterocycles. The fourth-order valence-corrected chi connectivity index (χ4v) is 1.02. The molecule has 0 amide bonds. The van der Waals surface area contributed by atoms with Crippen LogP contribution in [0.15, 0.2) is 24.4 Å². The van der Waals surface area contributed by atoms with Gasteiger partial charge in [0.25, 0.3) is 0 Å². The standard InChI is InChI=1S/C8H9NO/c1-2-4-9-8(3-1)7-5-10-6-7/h1-4,7H,5-6H2. The Balaban J connectivity index is 2.18. The molecular formula is C8H9NO. The number of hydrogen-bond acceptors (Lipinski definition) is 2. The molecule has 1 aliphatic heterocycles. The van der Waals surface area contributed by atoms with Gasteiger partial charge in [-0.05, 0) is 12.1 Å². The Morgan fingerprint density at radius 3 is 2.80 bits per heavy atom. The largest absolute Gasteiger partial charge is 0.380 e. The Kier molecular flexibility index (Phi) is 1.40. The second-order valence-electron chi connectivity index (χ2n) is 2.49. The van der Waals surface area contributed by atoms with Gasteiger partial charge in [0, 0.05) is 17.8 Å². The molecule has 0 saturated carbocycles. The summed E-state index contributed by atoms with van der Waals surface area (Å²) < 4.78 is 5.05. The molecule has 0 aromatic carbocycles. The van der Waals surface area contributed by atoms with Crippen molar-refractivity contribution in [3.63, 3.8) is 0 Å². The van der Waals surface area contributed by atoms with Crippen LogP contribution in [-0.4, -0.2) is 18.2 Å². The predicted octanol–water partition coefficient (Wildman–Crippen LogP) is 1.20. The maximum atomic E-state index is 5.05. The summed E-state index contributed by atoms with van der Waals surface area (Å²) in [7, 11) is 0. The average Bonchev–Trinajstić information content (AvgIpc) is 1.86. The monoisotopic (exact) mass is 135 g/mol. The van der Waals surface area contributed by atoms with Gasteiger partial charge in [-0.3, -0.25) is 4.98 Å². The molecule has 0 N–H and O–H groups in total. The van der Waals surface area contributed by atoms with Crippen molar-refractivity contribution in [3.05, 3.63) is 30.1 Å². The fraction of sp³-hybridized carbons (Fsp3) is 0.375. The fourth-order valence-electron chi connectivity index (χ4n) is 1.02. The molecule has 0 unspecified atom stereocenters. The quantitative estimate of drug-likeness (QED) is 0.577. The number of ether oxygens (including phenoxy) is 1. The molecule has 2 rings (SSSR count). The second-order valence-corrected chi connectivity index (χ2v) is 2.49. The molecule has 1 aromatic rings. The van der Waals surface area contributed by atoms with Crippen LogP contribution in [0.1, 0.15) is 11.6 Å². The van der Waals surface area contributed by atoms with Gasteiger partial charge >= 0.3 is 0 Å². The first-order chi connectivity index (χ1) is 4.97. The summed E-state index contributed by atoms with van der Waals surface area (Å²) in [6.07, 6.45) is 1.83. The van der Waals surface area contributed by atoms with E-state index in [2.05, 4.69) is 4.98 Å². The SMILES string of the molecule is c1ccc(C2COC2)nc1. The Hall–Kier alpha value is -0.890. The molecule has 0 atom stereocenters. The molecule has 0 spiro atoms. The number of pyridine rings is 1. The highest BCUT2D eigenvalue weighted by Crippen LogP contribution is 2.20. The predicted molar refractivity (Wildman–Crippen MR) is 37.8 cm³/mol. The number of nitrogens with zero attached hydrogens (tertiary/aromatic N) is 1. The molecule has 52 valence electrons. The second kappa shape index (κ2) is 2.39. The van der Waals surface area contributed by atoms with Crippen LogP contribution >= 0.6 is 0 Å². The molecular weight excluding hydrogens is 126 g/mol. The van der Waals surface area contributed by atoms with E-state index < -0.39 is 0 Å². The van der Waals surface area contributed by atoms with Crippen molar-refractivity contribution < 1.29 is 4.74 Å². The van der Waals surface area contributed by atoms with E-state index in [0.717, 1.165) is 18.9 Å². The van der Waals surface area contributed by atoms with Gasteiger partial charge in [0.05, 0.1) is 13.2 Å². The molecule has 1 fully saturated rings. The summed E-state index contributed by atoms with van der Waals surface area (Å²) in [6.45, 7) is 1.69. The maximum Gasteiger partial charge on any atom is 0.0572 e. The maximum absolute atomic E-state index is 5.05. The van der Waals surface area contributed by atoms with Gasteiger partial charge in [0.2, 0.25) is 0 Å². The van der Waals surface area contributed by atoms with Crippen molar-refractivity contribution in [1.82, 2.24) is 4.98 Å². The Morgan fingerprint density at radius 1 is 1.40 bits per heavy atom. The van der Waals surface area contributed by atoms with Crippen LogP contribution < -0.4 is 0 Å². The lowest BCUT2D eigenvalue weighted by molar-refractivity contribution is 0.00672. The van der Waals surface area contributed by atoms with E-state index in [0.29, 0.717) is 5.92 Å². The lowest BCUT2D eigenvalue weighted by atomic mass is 10.0. The highest BCUT2D eigenvalue weighted by atomic mass is 16.5. The van der Waals surface area contributed by atoms with Crippen molar-refractivity contribution in [2.45, 2.75) is 5.92 Å². The molecule has 2 heterocycles. The molecule has 10 heavy (non-hydrogen) atoms. The van der Waals surface area contributed by atoms with Crippen LogP contribution in [0.2, 0.25) is 0 Å². The zero-order chi connectivity index (χ0) is 6.81. The first-order valence-electron chi connectivity index (χ1n) is 3.45. The molecule has 0 aliphatic carbocycles. The van der Waals surface area contributed by atoms with Crippen molar-refractivity contribution in [3.8, 4) is 0 Å². The van der Waals surface area contributed by atoms with E-state index in [4.69, 9.17) is 4.74 Å². The molecule has 1 aliphatic rings. The van der Waals surface area contributed by atoms with Gasteiger partial charge in [0.15, 0.2) is 0 Å². The first kappa shape index (κ1) is 5.86. The van der Waals surface area contributed by atoms with Crippen molar-refractivity contribution in [2.75, 3.05) is 13.2 Å².